The minimum Gasteiger partial charge on any atom is -0.334 e. The minimum absolute atomic E-state index is 0.235. The summed E-state index contributed by atoms with van der Waals surface area (Å²) in [6.45, 7) is 1.90. The number of sulfonamides is 1. The third kappa shape index (κ3) is 5.06. The van der Waals surface area contributed by atoms with Gasteiger partial charge in [0.2, 0.25) is 10.0 Å². The molecule has 0 bridgehead atoms. The van der Waals surface area contributed by atoms with Crippen molar-refractivity contribution in [1.29, 1.82) is 0 Å². The molecule has 0 unspecified atom stereocenters. The van der Waals surface area contributed by atoms with Gasteiger partial charge in [0.1, 0.15) is 0 Å². The molecule has 0 atom stereocenters. The molecule has 0 saturated heterocycles. The van der Waals surface area contributed by atoms with E-state index in [4.69, 9.17) is 0 Å². The van der Waals surface area contributed by atoms with Gasteiger partial charge in [-0.25, -0.2) is 8.42 Å². The molecule has 2 N–H and O–H groups in total. The molecular weight excluding hydrogens is 352 g/mol. The highest BCUT2D eigenvalue weighted by Gasteiger charge is 2.14. The van der Waals surface area contributed by atoms with Gasteiger partial charge in [-0.2, -0.15) is 0 Å². The van der Waals surface area contributed by atoms with Gasteiger partial charge >= 0.3 is 0 Å². The summed E-state index contributed by atoms with van der Waals surface area (Å²) in [7, 11) is 0.152. The molecule has 138 valence electrons. The van der Waals surface area contributed by atoms with E-state index in [0.717, 1.165) is 17.8 Å². The molecule has 0 radical (unpaired) electrons. The van der Waals surface area contributed by atoms with Gasteiger partial charge in [-0.3, -0.25) is 14.5 Å². The highest BCUT2D eigenvalue weighted by atomic mass is 32.2. The fourth-order valence-electron chi connectivity index (χ4n) is 2.27. The zero-order valence-electron chi connectivity index (χ0n) is 15.1. The molecule has 2 aromatic carbocycles. The van der Waals surface area contributed by atoms with Gasteiger partial charge in [0, 0.05) is 25.5 Å². The Morgan fingerprint density at radius 1 is 1.08 bits per heavy atom. The highest BCUT2D eigenvalue weighted by molar-refractivity contribution is 7.92. The topological polar surface area (TPSA) is 90.9 Å². The van der Waals surface area contributed by atoms with Gasteiger partial charge in [-0.05, 0) is 43.3 Å². The number of aliphatic imine (C=N–C) groups is 1. The second-order valence-electron chi connectivity index (χ2n) is 5.75. The van der Waals surface area contributed by atoms with E-state index in [1.54, 1.807) is 43.4 Å². The molecule has 2 rings (SSSR count). The fourth-order valence-corrected chi connectivity index (χ4v) is 2.85. The molecule has 0 heterocycles. The molecule has 0 aliphatic carbocycles. The number of para-hydroxylation sites is 1. The van der Waals surface area contributed by atoms with Crippen LogP contribution in [0.2, 0.25) is 0 Å². The summed E-state index contributed by atoms with van der Waals surface area (Å²) in [6, 6.07) is 13.7. The third-order valence-corrected chi connectivity index (χ3v) is 4.38. The number of hydrogen-bond donors (Lipinski definition) is 2. The normalized spacial score (nSPS) is 11.8. The lowest BCUT2D eigenvalue weighted by molar-refractivity contribution is 0.102. The highest BCUT2D eigenvalue weighted by Crippen LogP contribution is 2.21. The number of hydrogen-bond acceptors (Lipinski definition) is 4. The second kappa shape index (κ2) is 8.01. The van der Waals surface area contributed by atoms with Crippen LogP contribution in [-0.4, -0.2) is 40.5 Å². The predicted molar refractivity (Wildman–Crippen MR) is 107 cm³/mol. The van der Waals surface area contributed by atoms with Crippen LogP contribution in [0, 0.1) is 0 Å². The quantitative estimate of drug-likeness (QED) is 0.622. The number of amides is 1. The van der Waals surface area contributed by atoms with Crippen molar-refractivity contribution in [3.05, 3.63) is 54.1 Å². The van der Waals surface area contributed by atoms with E-state index < -0.39 is 15.9 Å². The van der Waals surface area contributed by atoms with E-state index in [2.05, 4.69) is 15.0 Å². The number of rotatable bonds is 5. The first-order chi connectivity index (χ1) is 12.2. The first-order valence-electron chi connectivity index (χ1n) is 7.86. The largest absolute Gasteiger partial charge is 0.334 e. The first-order valence-corrected chi connectivity index (χ1v) is 9.76. The van der Waals surface area contributed by atoms with E-state index >= 15 is 0 Å². The van der Waals surface area contributed by atoms with Gasteiger partial charge in [0.05, 0.1) is 23.3 Å². The Morgan fingerprint density at radius 2 is 1.69 bits per heavy atom. The summed E-state index contributed by atoms with van der Waals surface area (Å²) in [4.78, 5) is 18.6. The lowest BCUT2D eigenvalue weighted by atomic mass is 10.1. The predicted octanol–water partition coefficient (Wildman–Crippen LogP) is 2.79. The third-order valence-electron chi connectivity index (χ3n) is 3.79. The standard InChI is InChI=1S/C18H22N4O3S/c1-13(19-2)22(3)15-11-9-14(10-12-15)20-18(23)16-7-5-6-8-17(16)21-26(4,24)25/h5-12,21H,1-4H3,(H,20,23). The lowest BCUT2D eigenvalue weighted by Crippen LogP contribution is -2.23. The molecule has 0 fully saturated rings. The summed E-state index contributed by atoms with van der Waals surface area (Å²) in [6.07, 6.45) is 1.04. The fraction of sp³-hybridized carbons (Fsp3) is 0.222. The SMILES string of the molecule is CN=C(C)N(C)c1ccc(NC(=O)c2ccccc2NS(C)(=O)=O)cc1. The summed E-state index contributed by atoms with van der Waals surface area (Å²) >= 11 is 0. The van der Waals surface area contributed by atoms with Crippen molar-refractivity contribution >= 4 is 38.8 Å². The van der Waals surface area contributed by atoms with Crippen LogP contribution in [0.15, 0.2) is 53.5 Å². The number of benzene rings is 2. The molecule has 0 aromatic heterocycles. The molecule has 0 spiro atoms. The van der Waals surface area contributed by atoms with Crippen molar-refractivity contribution in [3.63, 3.8) is 0 Å². The van der Waals surface area contributed by atoms with Crippen LogP contribution in [0.5, 0.6) is 0 Å². The summed E-state index contributed by atoms with van der Waals surface area (Å²) in [5, 5.41) is 2.77. The summed E-state index contributed by atoms with van der Waals surface area (Å²) in [5.74, 6) is 0.465. The number of nitrogens with one attached hydrogen (secondary N) is 2. The summed E-state index contributed by atoms with van der Waals surface area (Å²) < 4.78 is 25.3. The molecule has 0 aliphatic rings. The van der Waals surface area contributed by atoms with Crippen LogP contribution in [-0.2, 0) is 10.0 Å². The lowest BCUT2D eigenvalue weighted by Gasteiger charge is -2.19. The smallest absolute Gasteiger partial charge is 0.257 e. The zero-order valence-corrected chi connectivity index (χ0v) is 16.0. The van der Waals surface area contributed by atoms with Crippen LogP contribution in [0.25, 0.3) is 0 Å². The van der Waals surface area contributed by atoms with E-state index in [-0.39, 0.29) is 11.3 Å². The monoisotopic (exact) mass is 374 g/mol. The number of carbonyl (C=O) groups is 1. The maximum Gasteiger partial charge on any atom is 0.257 e. The maximum absolute atomic E-state index is 12.5. The molecule has 0 aliphatic heterocycles. The molecular formula is C18H22N4O3S. The van der Waals surface area contributed by atoms with Crippen molar-refractivity contribution in [3.8, 4) is 0 Å². The Kier molecular flexibility index (Phi) is 5.99. The number of carbonyl (C=O) groups excluding carboxylic acids is 1. The average Bonchev–Trinajstić information content (AvgIpc) is 2.60. The Morgan fingerprint density at radius 3 is 2.27 bits per heavy atom. The minimum atomic E-state index is -3.48. The molecule has 26 heavy (non-hydrogen) atoms. The molecule has 0 saturated carbocycles. The maximum atomic E-state index is 12.5. The zero-order chi connectivity index (χ0) is 19.3. The molecule has 2 aromatic rings. The van der Waals surface area contributed by atoms with E-state index in [1.807, 2.05) is 31.0 Å². The van der Waals surface area contributed by atoms with Gasteiger partial charge in [-0.1, -0.05) is 12.1 Å². The van der Waals surface area contributed by atoms with E-state index in [9.17, 15) is 13.2 Å². The van der Waals surface area contributed by atoms with Gasteiger partial charge in [-0.15, -0.1) is 0 Å². The van der Waals surface area contributed by atoms with E-state index in [0.29, 0.717) is 5.69 Å². The van der Waals surface area contributed by atoms with Crippen molar-refractivity contribution in [2.45, 2.75) is 6.92 Å². The van der Waals surface area contributed by atoms with E-state index in [1.165, 1.54) is 0 Å². The van der Waals surface area contributed by atoms with Crippen LogP contribution in [0.3, 0.4) is 0 Å². The molecule has 1 amide bonds. The number of nitrogens with zero attached hydrogens (tertiary/aromatic N) is 2. The van der Waals surface area contributed by atoms with Crippen LogP contribution >= 0.6 is 0 Å². The molecule has 8 heteroatoms. The van der Waals surface area contributed by atoms with Crippen molar-refractivity contribution in [1.82, 2.24) is 0 Å². The van der Waals surface area contributed by atoms with Gasteiger partial charge in [0.15, 0.2) is 0 Å². The average molecular weight is 374 g/mol. The van der Waals surface area contributed by atoms with Crippen molar-refractivity contribution in [2.24, 2.45) is 4.99 Å². The number of anilines is 3. The summed E-state index contributed by atoms with van der Waals surface area (Å²) in [5.41, 5.74) is 2.02. The Labute approximate surface area is 153 Å². The second-order valence-corrected chi connectivity index (χ2v) is 7.50. The Hall–Kier alpha value is -2.87. The first kappa shape index (κ1) is 19.5. The van der Waals surface area contributed by atoms with Crippen molar-refractivity contribution < 1.29 is 13.2 Å². The Bertz CT molecular complexity index is 922. The van der Waals surface area contributed by atoms with Gasteiger partial charge in [0.25, 0.3) is 5.91 Å². The Balaban J connectivity index is 2.18. The van der Waals surface area contributed by atoms with Crippen LogP contribution < -0.4 is 14.9 Å². The van der Waals surface area contributed by atoms with Crippen molar-refractivity contribution in [2.75, 3.05) is 35.3 Å². The number of amidine groups is 1. The van der Waals surface area contributed by atoms with Crippen LogP contribution in [0.4, 0.5) is 17.1 Å². The van der Waals surface area contributed by atoms with Gasteiger partial charge < -0.3 is 10.2 Å². The molecule has 7 nitrogen and oxygen atoms in total. The van der Waals surface area contributed by atoms with Crippen LogP contribution in [0.1, 0.15) is 17.3 Å².